The van der Waals surface area contributed by atoms with Gasteiger partial charge in [0.15, 0.2) is 0 Å². The molecule has 0 aliphatic rings. The molecule has 5 heavy (non-hydrogen) atoms. The van der Waals surface area contributed by atoms with Gasteiger partial charge in [-0.3, -0.25) is 0 Å². The molecule has 0 saturated carbocycles. The van der Waals surface area contributed by atoms with Crippen LogP contribution in [0.3, 0.4) is 0 Å². The van der Waals surface area contributed by atoms with Gasteiger partial charge in [-0.05, 0) is 6.42 Å². The molecule has 0 spiro atoms. The highest BCUT2D eigenvalue weighted by atomic mass is 16.3. The van der Waals surface area contributed by atoms with Gasteiger partial charge in [0.05, 0.1) is 6.54 Å². The average Bonchev–Trinajstić information content (AvgIpc) is 1.41. The molecule has 2 heteroatoms. The van der Waals surface area contributed by atoms with Gasteiger partial charge in [-0.25, -0.2) is 0 Å². The third-order valence-corrected chi connectivity index (χ3v) is 0.249. The second-order valence-electron chi connectivity index (χ2n) is 0.706. The molecule has 0 atom stereocenters. The number of rotatable bonds is 2. The molecule has 0 N–H and O–H groups in total. The topological polar surface area (TPSA) is 29.4 Å². The van der Waals surface area contributed by atoms with Crippen molar-refractivity contribution in [2.24, 2.45) is 5.18 Å². The van der Waals surface area contributed by atoms with E-state index >= 15 is 0 Å². The van der Waals surface area contributed by atoms with Crippen LogP contribution >= 0.6 is 0 Å². The fraction of sp³-hybridized carbons (Fsp3) is 0.667. The highest BCUT2D eigenvalue weighted by Gasteiger charge is 1.67. The van der Waals surface area contributed by atoms with Crippen LogP contribution in [0.1, 0.15) is 6.42 Å². The molecule has 1 radical (unpaired) electrons. The molecule has 0 aliphatic carbocycles. The summed E-state index contributed by atoms with van der Waals surface area (Å²) in [5.41, 5.74) is 0. The fourth-order valence-corrected chi connectivity index (χ4v) is 0.0645. The molecule has 0 rings (SSSR count). The Morgan fingerprint density at radius 2 is 2.40 bits per heavy atom. The van der Waals surface area contributed by atoms with E-state index in [4.69, 9.17) is 4.91 Å². The van der Waals surface area contributed by atoms with Crippen molar-refractivity contribution in [2.75, 3.05) is 6.54 Å². The maximum Gasteiger partial charge on any atom is 0.0811 e. The first-order chi connectivity index (χ1) is 2.41. The fourth-order valence-electron chi connectivity index (χ4n) is 0.0645. The van der Waals surface area contributed by atoms with E-state index in [1.54, 1.807) is 0 Å². The number of hydrogen-bond acceptors (Lipinski definition) is 2. The van der Waals surface area contributed by atoms with Gasteiger partial charge < -0.3 is 0 Å². The van der Waals surface area contributed by atoms with Crippen molar-refractivity contribution in [1.82, 2.24) is 0 Å². The van der Waals surface area contributed by atoms with Crippen molar-refractivity contribution in [3.63, 3.8) is 0 Å². The van der Waals surface area contributed by atoms with E-state index in [-0.39, 0.29) is 0 Å². The molecule has 0 saturated heterocycles. The maximum absolute atomic E-state index is 9.11. The van der Waals surface area contributed by atoms with Crippen LogP contribution in [-0.2, 0) is 0 Å². The molecule has 0 aromatic rings. The normalized spacial score (nSPS) is 7.40. The lowest BCUT2D eigenvalue weighted by molar-refractivity contribution is 0.995. The summed E-state index contributed by atoms with van der Waals surface area (Å²) in [6.45, 7) is 3.73. The first kappa shape index (κ1) is 4.60. The minimum atomic E-state index is 0.347. The van der Waals surface area contributed by atoms with Crippen molar-refractivity contribution in [2.45, 2.75) is 6.42 Å². The van der Waals surface area contributed by atoms with Gasteiger partial charge in [0.25, 0.3) is 0 Å². The van der Waals surface area contributed by atoms with E-state index in [2.05, 4.69) is 12.1 Å². The zero-order valence-corrected chi connectivity index (χ0v) is 2.98. The van der Waals surface area contributed by atoms with Crippen LogP contribution in [0.25, 0.3) is 0 Å². The van der Waals surface area contributed by atoms with E-state index < -0.39 is 0 Å². The molecule has 0 bridgehead atoms. The highest BCUT2D eigenvalue weighted by molar-refractivity contribution is 4.40. The van der Waals surface area contributed by atoms with Crippen molar-refractivity contribution >= 4 is 0 Å². The Morgan fingerprint density at radius 1 is 1.80 bits per heavy atom. The second kappa shape index (κ2) is 3.60. The summed E-state index contributed by atoms with van der Waals surface area (Å²) in [5, 5.41) is 2.54. The Bertz CT molecular complexity index is 28.1. The molecule has 0 unspecified atom stereocenters. The van der Waals surface area contributed by atoms with Crippen molar-refractivity contribution in [3.05, 3.63) is 11.8 Å². The quantitative estimate of drug-likeness (QED) is 0.447. The van der Waals surface area contributed by atoms with Crippen LogP contribution in [-0.4, -0.2) is 6.54 Å². The standard InChI is InChI=1S/C3H6NO/c1-2-3-4-5/h1-3H2. The van der Waals surface area contributed by atoms with Crippen LogP contribution in [0.4, 0.5) is 0 Å². The summed E-state index contributed by atoms with van der Waals surface area (Å²) in [5.74, 6) is 0. The third-order valence-electron chi connectivity index (χ3n) is 0.249. The molecule has 29 valence electrons. The van der Waals surface area contributed by atoms with Crippen LogP contribution in [0, 0.1) is 11.8 Å². The molecular weight excluding hydrogens is 66.0 g/mol. The number of nitroso groups, excluding NO2 is 1. The molecule has 2 nitrogen and oxygen atoms in total. The van der Waals surface area contributed by atoms with Gasteiger partial charge in [-0.2, -0.15) is 4.91 Å². The molecule has 0 heterocycles. The molecule has 0 fully saturated rings. The van der Waals surface area contributed by atoms with Gasteiger partial charge >= 0.3 is 0 Å². The number of nitrogens with zero attached hydrogens (tertiary/aromatic N) is 1. The summed E-state index contributed by atoms with van der Waals surface area (Å²) in [6, 6.07) is 0. The van der Waals surface area contributed by atoms with Crippen molar-refractivity contribution in [1.29, 1.82) is 0 Å². The Kier molecular flexibility index (Phi) is 3.31. The monoisotopic (exact) mass is 72.0 g/mol. The lowest BCUT2D eigenvalue weighted by Gasteiger charge is -1.67. The van der Waals surface area contributed by atoms with E-state index in [1.165, 1.54) is 0 Å². The summed E-state index contributed by atoms with van der Waals surface area (Å²) < 4.78 is 0. The lowest BCUT2D eigenvalue weighted by Crippen LogP contribution is -1.66. The van der Waals surface area contributed by atoms with E-state index in [9.17, 15) is 0 Å². The first-order valence-corrected chi connectivity index (χ1v) is 1.50. The second-order valence-corrected chi connectivity index (χ2v) is 0.706. The predicted octanol–water partition coefficient (Wildman–Crippen LogP) is 0.977. The summed E-state index contributed by atoms with van der Waals surface area (Å²) in [7, 11) is 0. The summed E-state index contributed by atoms with van der Waals surface area (Å²) in [4.78, 5) is 9.11. The third kappa shape index (κ3) is 3.60. The van der Waals surface area contributed by atoms with Gasteiger partial charge in [-0.1, -0.05) is 12.1 Å². The lowest BCUT2D eigenvalue weighted by atomic mass is 10.5. The average molecular weight is 72.1 g/mol. The van der Waals surface area contributed by atoms with Gasteiger partial charge in [0, 0.05) is 0 Å². The Labute approximate surface area is 31.2 Å². The first-order valence-electron chi connectivity index (χ1n) is 1.50. The van der Waals surface area contributed by atoms with Crippen LogP contribution in [0.5, 0.6) is 0 Å². The molecule has 0 amide bonds. The zero-order chi connectivity index (χ0) is 4.12. The Balaban J connectivity index is 2.40. The summed E-state index contributed by atoms with van der Waals surface area (Å²) in [6.07, 6.45) is 0.615. The SMILES string of the molecule is [CH2]CCN=O. The molecule has 0 aromatic heterocycles. The minimum Gasteiger partial charge on any atom is -0.151 e. The van der Waals surface area contributed by atoms with Gasteiger partial charge in [0.1, 0.15) is 0 Å². The maximum atomic E-state index is 9.11. The molecule has 0 aromatic carbocycles. The van der Waals surface area contributed by atoms with Crippen LogP contribution in [0.15, 0.2) is 5.18 Å². The van der Waals surface area contributed by atoms with E-state index in [0.717, 1.165) is 0 Å². The number of hydrogen-bond donors (Lipinski definition) is 0. The summed E-state index contributed by atoms with van der Waals surface area (Å²) >= 11 is 0. The molecular formula is C3H6NO. The largest absolute Gasteiger partial charge is 0.151 e. The van der Waals surface area contributed by atoms with Crippen molar-refractivity contribution in [3.8, 4) is 0 Å². The predicted molar refractivity (Wildman–Crippen MR) is 20.6 cm³/mol. The Morgan fingerprint density at radius 3 is 2.40 bits per heavy atom. The Hall–Kier alpha value is -0.400. The minimum absolute atomic E-state index is 0.347. The van der Waals surface area contributed by atoms with Gasteiger partial charge in [-0.15, -0.1) is 0 Å². The van der Waals surface area contributed by atoms with Gasteiger partial charge in [0.2, 0.25) is 0 Å². The van der Waals surface area contributed by atoms with E-state index in [1.807, 2.05) is 0 Å². The smallest absolute Gasteiger partial charge is 0.0811 e. The van der Waals surface area contributed by atoms with Crippen LogP contribution < -0.4 is 0 Å². The van der Waals surface area contributed by atoms with E-state index in [0.29, 0.717) is 13.0 Å². The molecule has 0 aliphatic heterocycles. The van der Waals surface area contributed by atoms with Crippen molar-refractivity contribution < 1.29 is 0 Å². The van der Waals surface area contributed by atoms with Crippen LogP contribution in [0.2, 0.25) is 0 Å². The highest BCUT2D eigenvalue weighted by Crippen LogP contribution is 1.70. The zero-order valence-electron chi connectivity index (χ0n) is 2.98.